The summed E-state index contributed by atoms with van der Waals surface area (Å²) in [5.74, 6) is 1.26. The summed E-state index contributed by atoms with van der Waals surface area (Å²) in [6.45, 7) is 2.78. The summed E-state index contributed by atoms with van der Waals surface area (Å²) in [4.78, 5) is 25.3. The van der Waals surface area contributed by atoms with Crippen LogP contribution < -0.4 is 14.8 Å². The zero-order valence-corrected chi connectivity index (χ0v) is 13.5. The molecular weight excluding hydrogens is 320 g/mol. The van der Waals surface area contributed by atoms with Crippen LogP contribution in [-0.2, 0) is 16.0 Å². The summed E-state index contributed by atoms with van der Waals surface area (Å²) in [6, 6.07) is 3.43. The third-order valence-corrected chi connectivity index (χ3v) is 4.29. The van der Waals surface area contributed by atoms with Crippen molar-refractivity contribution in [3.8, 4) is 11.5 Å². The molecule has 0 saturated carbocycles. The standard InChI is InChI=1S/C16H19ClN2O4/c17-12-10-14-13(22-6-7-23-14)8-11(12)9-15(20)18-3-5-19-4-1-2-16(19)21/h8,10H,1-7,9H2,(H,18,20). The molecule has 0 spiro atoms. The van der Waals surface area contributed by atoms with Gasteiger partial charge in [0.1, 0.15) is 13.2 Å². The van der Waals surface area contributed by atoms with E-state index in [-0.39, 0.29) is 18.2 Å². The molecule has 0 aliphatic carbocycles. The molecule has 2 amide bonds. The Morgan fingerprint density at radius 1 is 1.26 bits per heavy atom. The van der Waals surface area contributed by atoms with Gasteiger partial charge in [-0.05, 0) is 18.1 Å². The Bertz CT molecular complexity index is 620. The molecule has 2 aliphatic heterocycles. The van der Waals surface area contributed by atoms with Crippen molar-refractivity contribution in [1.82, 2.24) is 10.2 Å². The lowest BCUT2D eigenvalue weighted by atomic mass is 10.1. The predicted molar refractivity (Wildman–Crippen MR) is 85.0 cm³/mol. The number of ether oxygens (including phenoxy) is 2. The molecule has 1 fully saturated rings. The lowest BCUT2D eigenvalue weighted by Crippen LogP contribution is -2.36. The maximum absolute atomic E-state index is 12.0. The maximum atomic E-state index is 12.0. The summed E-state index contributed by atoms with van der Waals surface area (Å²) in [5, 5.41) is 3.31. The molecule has 6 nitrogen and oxygen atoms in total. The molecule has 23 heavy (non-hydrogen) atoms. The SMILES string of the molecule is O=C(Cc1cc2c(cc1Cl)OCCO2)NCCN1CCCC1=O. The van der Waals surface area contributed by atoms with Crippen LogP contribution in [-0.4, -0.2) is 49.6 Å². The number of nitrogens with zero attached hydrogens (tertiary/aromatic N) is 1. The van der Waals surface area contributed by atoms with E-state index in [0.29, 0.717) is 54.8 Å². The number of hydrogen-bond acceptors (Lipinski definition) is 4. The molecule has 1 N–H and O–H groups in total. The lowest BCUT2D eigenvalue weighted by Gasteiger charge is -2.20. The summed E-state index contributed by atoms with van der Waals surface area (Å²) in [7, 11) is 0. The second-order valence-corrected chi connectivity index (χ2v) is 6.01. The number of carbonyl (C=O) groups is 2. The van der Waals surface area contributed by atoms with Gasteiger partial charge in [0.15, 0.2) is 11.5 Å². The fraction of sp³-hybridized carbons (Fsp3) is 0.500. The average molecular weight is 339 g/mol. The Labute approximate surface area is 139 Å². The van der Waals surface area contributed by atoms with Crippen LogP contribution in [0.4, 0.5) is 0 Å². The molecule has 3 rings (SSSR count). The van der Waals surface area contributed by atoms with Crippen molar-refractivity contribution < 1.29 is 19.1 Å². The van der Waals surface area contributed by atoms with E-state index in [1.165, 1.54) is 0 Å². The maximum Gasteiger partial charge on any atom is 0.224 e. The number of amides is 2. The summed E-state index contributed by atoms with van der Waals surface area (Å²) in [5.41, 5.74) is 0.700. The van der Waals surface area contributed by atoms with Gasteiger partial charge in [0.2, 0.25) is 11.8 Å². The summed E-state index contributed by atoms with van der Waals surface area (Å²) in [6.07, 6.45) is 1.68. The molecule has 0 unspecified atom stereocenters. The van der Waals surface area contributed by atoms with Crippen molar-refractivity contribution in [3.05, 3.63) is 22.7 Å². The molecule has 7 heteroatoms. The van der Waals surface area contributed by atoms with Crippen LogP contribution in [0.5, 0.6) is 11.5 Å². The first-order valence-corrected chi connectivity index (χ1v) is 8.14. The van der Waals surface area contributed by atoms with E-state index in [9.17, 15) is 9.59 Å². The van der Waals surface area contributed by atoms with Crippen molar-refractivity contribution in [2.45, 2.75) is 19.3 Å². The Kier molecular flexibility index (Phi) is 4.91. The number of likely N-dealkylation sites (tertiary alicyclic amines) is 1. The quantitative estimate of drug-likeness (QED) is 0.881. The van der Waals surface area contributed by atoms with Gasteiger partial charge in [0.05, 0.1) is 6.42 Å². The molecule has 0 bridgehead atoms. The largest absolute Gasteiger partial charge is 0.486 e. The van der Waals surface area contributed by atoms with Crippen LogP contribution >= 0.6 is 11.6 Å². The second kappa shape index (κ2) is 7.08. The molecule has 0 aromatic heterocycles. The number of halogens is 1. The number of carbonyl (C=O) groups excluding carboxylic acids is 2. The molecule has 2 heterocycles. The molecule has 1 aromatic rings. The number of rotatable bonds is 5. The number of hydrogen-bond donors (Lipinski definition) is 1. The molecule has 124 valence electrons. The number of fused-ring (bicyclic) bond motifs is 1. The van der Waals surface area contributed by atoms with Gasteiger partial charge in [-0.25, -0.2) is 0 Å². The fourth-order valence-corrected chi connectivity index (χ4v) is 2.97. The minimum absolute atomic E-state index is 0.129. The van der Waals surface area contributed by atoms with Gasteiger partial charge in [0.25, 0.3) is 0 Å². The zero-order valence-electron chi connectivity index (χ0n) is 12.8. The van der Waals surface area contributed by atoms with Crippen molar-refractivity contribution in [1.29, 1.82) is 0 Å². The Hall–Kier alpha value is -1.95. The average Bonchev–Trinajstić information content (AvgIpc) is 2.93. The van der Waals surface area contributed by atoms with Crippen LogP contribution in [0.2, 0.25) is 5.02 Å². The molecule has 0 radical (unpaired) electrons. The van der Waals surface area contributed by atoms with Crippen LogP contribution in [0.1, 0.15) is 18.4 Å². The van der Waals surface area contributed by atoms with E-state index in [4.69, 9.17) is 21.1 Å². The van der Waals surface area contributed by atoms with Gasteiger partial charge in [0, 0.05) is 37.1 Å². The van der Waals surface area contributed by atoms with Gasteiger partial charge in [-0.3, -0.25) is 9.59 Å². The van der Waals surface area contributed by atoms with Crippen LogP contribution in [0.25, 0.3) is 0 Å². The van der Waals surface area contributed by atoms with E-state index < -0.39 is 0 Å². The van der Waals surface area contributed by atoms with Crippen molar-refractivity contribution in [3.63, 3.8) is 0 Å². The predicted octanol–water partition coefficient (Wildman–Crippen LogP) is 1.39. The van der Waals surface area contributed by atoms with Crippen molar-refractivity contribution >= 4 is 23.4 Å². The Balaban J connectivity index is 1.52. The third kappa shape index (κ3) is 3.88. The first-order valence-electron chi connectivity index (χ1n) is 7.76. The molecule has 1 saturated heterocycles. The van der Waals surface area contributed by atoms with E-state index in [1.54, 1.807) is 17.0 Å². The lowest BCUT2D eigenvalue weighted by molar-refractivity contribution is -0.128. The smallest absolute Gasteiger partial charge is 0.224 e. The highest BCUT2D eigenvalue weighted by Gasteiger charge is 2.20. The van der Waals surface area contributed by atoms with E-state index in [2.05, 4.69) is 5.32 Å². The minimum atomic E-state index is -0.129. The van der Waals surface area contributed by atoms with E-state index in [1.807, 2.05) is 0 Å². The normalized spacial score (nSPS) is 16.6. The molecular formula is C16H19ClN2O4. The van der Waals surface area contributed by atoms with Gasteiger partial charge >= 0.3 is 0 Å². The number of benzene rings is 1. The van der Waals surface area contributed by atoms with Crippen LogP contribution in [0.3, 0.4) is 0 Å². The second-order valence-electron chi connectivity index (χ2n) is 5.60. The van der Waals surface area contributed by atoms with Crippen molar-refractivity contribution in [2.75, 3.05) is 32.8 Å². The van der Waals surface area contributed by atoms with Crippen LogP contribution in [0.15, 0.2) is 12.1 Å². The monoisotopic (exact) mass is 338 g/mol. The van der Waals surface area contributed by atoms with Gasteiger partial charge in [-0.1, -0.05) is 11.6 Å². The fourth-order valence-electron chi connectivity index (χ4n) is 2.75. The Morgan fingerprint density at radius 3 is 2.70 bits per heavy atom. The Morgan fingerprint density at radius 2 is 2.00 bits per heavy atom. The van der Waals surface area contributed by atoms with Crippen LogP contribution in [0, 0.1) is 0 Å². The summed E-state index contributed by atoms with van der Waals surface area (Å²) >= 11 is 6.19. The van der Waals surface area contributed by atoms with Gasteiger partial charge < -0.3 is 19.7 Å². The third-order valence-electron chi connectivity index (χ3n) is 3.94. The van der Waals surface area contributed by atoms with E-state index in [0.717, 1.165) is 13.0 Å². The summed E-state index contributed by atoms with van der Waals surface area (Å²) < 4.78 is 11.0. The highest BCUT2D eigenvalue weighted by atomic mass is 35.5. The van der Waals surface area contributed by atoms with Gasteiger partial charge in [-0.15, -0.1) is 0 Å². The zero-order chi connectivity index (χ0) is 16.2. The van der Waals surface area contributed by atoms with Gasteiger partial charge in [-0.2, -0.15) is 0 Å². The topological polar surface area (TPSA) is 67.9 Å². The minimum Gasteiger partial charge on any atom is -0.486 e. The molecule has 0 atom stereocenters. The van der Waals surface area contributed by atoms with Crippen molar-refractivity contribution in [2.24, 2.45) is 0 Å². The van der Waals surface area contributed by atoms with E-state index >= 15 is 0 Å². The molecule has 1 aromatic carbocycles. The first kappa shape index (κ1) is 15.9. The highest BCUT2D eigenvalue weighted by Crippen LogP contribution is 2.35. The first-order chi connectivity index (χ1) is 11.1. The molecule has 2 aliphatic rings. The number of nitrogens with one attached hydrogen (secondary N) is 1. The highest BCUT2D eigenvalue weighted by molar-refractivity contribution is 6.31.